The summed E-state index contributed by atoms with van der Waals surface area (Å²) in [5, 5.41) is 19.8. The van der Waals surface area contributed by atoms with Crippen LogP contribution in [0.1, 0.15) is 16.1 Å². The van der Waals surface area contributed by atoms with Crippen molar-refractivity contribution in [3.63, 3.8) is 0 Å². The molecule has 2 aromatic rings. The van der Waals surface area contributed by atoms with E-state index < -0.39 is 10.9 Å². The number of hydrogen-bond donors (Lipinski definition) is 1. The van der Waals surface area contributed by atoms with Gasteiger partial charge in [-0.05, 0) is 24.6 Å². The summed E-state index contributed by atoms with van der Waals surface area (Å²) < 4.78 is 5.37. The third-order valence-electron chi connectivity index (χ3n) is 2.49. The van der Waals surface area contributed by atoms with Gasteiger partial charge in [-0.1, -0.05) is 6.07 Å². The molecule has 102 valence electrons. The average Bonchev–Trinajstić information content (AvgIpc) is 2.41. The standard InChI is InChI=1S/C13H10N2O5/c1-8-2-3-12(11(6-8)15(18)19)20-9-4-5-14-10(7-9)13(16)17/h2-7H,1H3,(H,16,17). The number of ether oxygens (including phenoxy) is 1. The molecule has 0 radical (unpaired) electrons. The molecule has 7 heteroatoms. The summed E-state index contributed by atoms with van der Waals surface area (Å²) in [5.74, 6) is -0.985. The first-order valence-corrected chi connectivity index (χ1v) is 5.59. The van der Waals surface area contributed by atoms with Crippen LogP contribution in [0.4, 0.5) is 5.69 Å². The maximum atomic E-state index is 11.0. The van der Waals surface area contributed by atoms with Gasteiger partial charge in [0, 0.05) is 18.3 Å². The normalized spacial score (nSPS) is 10.1. The highest BCUT2D eigenvalue weighted by Crippen LogP contribution is 2.31. The molecule has 1 aromatic heterocycles. The number of nitro benzene ring substituents is 1. The quantitative estimate of drug-likeness (QED) is 0.679. The number of rotatable bonds is 4. The highest BCUT2D eigenvalue weighted by Gasteiger charge is 2.16. The lowest BCUT2D eigenvalue weighted by atomic mass is 10.2. The molecule has 0 atom stereocenters. The molecule has 7 nitrogen and oxygen atoms in total. The maximum Gasteiger partial charge on any atom is 0.354 e. The molecule has 1 heterocycles. The minimum absolute atomic E-state index is 0.0446. The van der Waals surface area contributed by atoms with E-state index in [1.807, 2.05) is 0 Å². The van der Waals surface area contributed by atoms with E-state index in [4.69, 9.17) is 9.84 Å². The van der Waals surface area contributed by atoms with E-state index in [-0.39, 0.29) is 22.9 Å². The number of aryl methyl sites for hydroxylation is 1. The van der Waals surface area contributed by atoms with Crippen LogP contribution in [0, 0.1) is 17.0 Å². The lowest BCUT2D eigenvalue weighted by Gasteiger charge is -2.07. The topological polar surface area (TPSA) is 103 Å². The van der Waals surface area contributed by atoms with E-state index >= 15 is 0 Å². The van der Waals surface area contributed by atoms with Gasteiger partial charge < -0.3 is 9.84 Å². The number of nitrogens with zero attached hydrogens (tertiary/aromatic N) is 2. The molecule has 1 N–H and O–H groups in total. The number of carboxylic acids is 1. The van der Waals surface area contributed by atoms with Gasteiger partial charge in [0.2, 0.25) is 5.75 Å². The Labute approximate surface area is 113 Å². The van der Waals surface area contributed by atoms with Crippen LogP contribution in [-0.4, -0.2) is 21.0 Å². The second-order valence-corrected chi connectivity index (χ2v) is 4.01. The highest BCUT2D eigenvalue weighted by molar-refractivity contribution is 5.85. The second-order valence-electron chi connectivity index (χ2n) is 4.01. The maximum absolute atomic E-state index is 11.0. The monoisotopic (exact) mass is 274 g/mol. The van der Waals surface area contributed by atoms with Crippen LogP contribution in [0.2, 0.25) is 0 Å². The Morgan fingerprint density at radius 1 is 1.35 bits per heavy atom. The summed E-state index contributed by atoms with van der Waals surface area (Å²) in [6, 6.07) is 7.15. The van der Waals surface area contributed by atoms with Gasteiger partial charge in [0.25, 0.3) is 0 Å². The summed E-state index contributed by atoms with van der Waals surface area (Å²) in [6.07, 6.45) is 1.26. The van der Waals surface area contributed by atoms with Gasteiger partial charge in [-0.25, -0.2) is 9.78 Å². The van der Waals surface area contributed by atoms with Gasteiger partial charge in [0.15, 0.2) is 5.69 Å². The zero-order valence-corrected chi connectivity index (χ0v) is 10.4. The Hall–Kier alpha value is -2.96. The van der Waals surface area contributed by atoms with Crippen molar-refractivity contribution in [3.8, 4) is 11.5 Å². The molecule has 0 amide bonds. The smallest absolute Gasteiger partial charge is 0.354 e. The number of carbonyl (C=O) groups is 1. The molecule has 20 heavy (non-hydrogen) atoms. The van der Waals surface area contributed by atoms with Crippen molar-refractivity contribution in [3.05, 3.63) is 57.9 Å². The third kappa shape index (κ3) is 2.89. The zero-order valence-electron chi connectivity index (χ0n) is 10.4. The van der Waals surface area contributed by atoms with Gasteiger partial charge in [0.05, 0.1) is 4.92 Å². The third-order valence-corrected chi connectivity index (χ3v) is 2.49. The van der Waals surface area contributed by atoms with Crippen LogP contribution in [0.3, 0.4) is 0 Å². The van der Waals surface area contributed by atoms with E-state index in [9.17, 15) is 14.9 Å². The van der Waals surface area contributed by atoms with E-state index in [0.717, 1.165) is 5.56 Å². The number of pyridine rings is 1. The molecule has 0 aliphatic carbocycles. The average molecular weight is 274 g/mol. The SMILES string of the molecule is Cc1ccc(Oc2ccnc(C(=O)O)c2)c([N+](=O)[O-])c1. The Morgan fingerprint density at radius 3 is 2.75 bits per heavy atom. The number of aromatic carboxylic acids is 1. The number of benzene rings is 1. The predicted molar refractivity (Wildman–Crippen MR) is 69.1 cm³/mol. The summed E-state index contributed by atoms with van der Waals surface area (Å²) >= 11 is 0. The van der Waals surface area contributed by atoms with Crippen molar-refractivity contribution < 1.29 is 19.6 Å². The van der Waals surface area contributed by atoms with Crippen LogP contribution in [0.15, 0.2) is 36.5 Å². The molecule has 0 aliphatic heterocycles. The first kappa shape index (κ1) is 13.5. The Bertz CT molecular complexity index is 684. The highest BCUT2D eigenvalue weighted by atomic mass is 16.6. The zero-order chi connectivity index (χ0) is 14.7. The lowest BCUT2D eigenvalue weighted by molar-refractivity contribution is -0.385. The summed E-state index contributed by atoms with van der Waals surface area (Å²) in [4.78, 5) is 24.8. The fraction of sp³-hybridized carbons (Fsp3) is 0.0769. The number of hydrogen-bond acceptors (Lipinski definition) is 5. The minimum atomic E-state index is -1.20. The van der Waals surface area contributed by atoms with E-state index in [2.05, 4.69) is 4.98 Å². The molecular weight excluding hydrogens is 264 g/mol. The van der Waals surface area contributed by atoms with Crippen molar-refractivity contribution in [2.45, 2.75) is 6.92 Å². The van der Waals surface area contributed by atoms with Crippen molar-refractivity contribution in [2.24, 2.45) is 0 Å². The summed E-state index contributed by atoms with van der Waals surface area (Å²) in [7, 11) is 0. The predicted octanol–water partition coefficient (Wildman–Crippen LogP) is 2.79. The van der Waals surface area contributed by atoms with Crippen molar-refractivity contribution in [1.82, 2.24) is 4.98 Å². The molecule has 0 spiro atoms. The second kappa shape index (κ2) is 5.35. The van der Waals surface area contributed by atoms with Gasteiger partial charge in [-0.15, -0.1) is 0 Å². The largest absolute Gasteiger partial charge is 0.477 e. The molecule has 0 fully saturated rings. The molecule has 0 saturated heterocycles. The van der Waals surface area contributed by atoms with E-state index in [1.54, 1.807) is 13.0 Å². The molecule has 2 rings (SSSR count). The van der Waals surface area contributed by atoms with Crippen LogP contribution >= 0.6 is 0 Å². The molecule has 1 aromatic carbocycles. The Balaban J connectivity index is 2.37. The van der Waals surface area contributed by atoms with Crippen molar-refractivity contribution in [2.75, 3.05) is 0 Å². The number of nitro groups is 1. The van der Waals surface area contributed by atoms with Gasteiger partial charge in [0.1, 0.15) is 5.75 Å². The fourth-order valence-corrected chi connectivity index (χ4v) is 1.57. The summed E-state index contributed by atoms with van der Waals surface area (Å²) in [6.45, 7) is 1.73. The molecular formula is C13H10N2O5. The Kier molecular flexibility index (Phi) is 3.60. The van der Waals surface area contributed by atoms with E-state index in [1.165, 1.54) is 30.5 Å². The first-order chi connectivity index (χ1) is 9.47. The van der Waals surface area contributed by atoms with Crippen LogP contribution in [-0.2, 0) is 0 Å². The van der Waals surface area contributed by atoms with Crippen molar-refractivity contribution in [1.29, 1.82) is 0 Å². The fourth-order valence-electron chi connectivity index (χ4n) is 1.57. The van der Waals surface area contributed by atoms with Gasteiger partial charge in [-0.2, -0.15) is 0 Å². The minimum Gasteiger partial charge on any atom is -0.477 e. The van der Waals surface area contributed by atoms with Crippen LogP contribution in [0.25, 0.3) is 0 Å². The molecule has 0 aliphatic rings. The molecule has 0 unspecified atom stereocenters. The van der Waals surface area contributed by atoms with E-state index in [0.29, 0.717) is 0 Å². The number of carboxylic acid groups (broad SMARTS) is 1. The first-order valence-electron chi connectivity index (χ1n) is 5.59. The van der Waals surface area contributed by atoms with Gasteiger partial charge >= 0.3 is 11.7 Å². The number of aromatic nitrogens is 1. The van der Waals surface area contributed by atoms with Crippen LogP contribution < -0.4 is 4.74 Å². The summed E-state index contributed by atoms with van der Waals surface area (Å²) in [5.41, 5.74) is 0.348. The Morgan fingerprint density at radius 2 is 2.10 bits per heavy atom. The lowest BCUT2D eigenvalue weighted by Crippen LogP contribution is -2.00. The molecule has 0 saturated carbocycles. The van der Waals surface area contributed by atoms with Gasteiger partial charge in [-0.3, -0.25) is 10.1 Å². The van der Waals surface area contributed by atoms with Crippen LogP contribution in [0.5, 0.6) is 11.5 Å². The van der Waals surface area contributed by atoms with Crippen molar-refractivity contribution >= 4 is 11.7 Å². The molecule has 0 bridgehead atoms.